The number of sulfonamides is 1. The van der Waals surface area contributed by atoms with Crippen LogP contribution in [-0.4, -0.2) is 43.3 Å². The van der Waals surface area contributed by atoms with Crippen molar-refractivity contribution in [2.75, 3.05) is 23.4 Å². The fourth-order valence-corrected chi connectivity index (χ4v) is 5.07. The van der Waals surface area contributed by atoms with E-state index in [1.165, 1.54) is 23.9 Å². The average molecular weight is 462 g/mol. The van der Waals surface area contributed by atoms with E-state index in [9.17, 15) is 18.3 Å². The highest BCUT2D eigenvalue weighted by Crippen LogP contribution is 2.19. The number of rotatable bonds is 8. The molecule has 0 fully saturated rings. The molecular weight excluding hydrogens is 434 g/mol. The van der Waals surface area contributed by atoms with Gasteiger partial charge in [0.2, 0.25) is 5.91 Å². The summed E-state index contributed by atoms with van der Waals surface area (Å²) in [5.41, 5.74) is 1.21. The molecule has 2 aromatic carbocycles. The molecule has 9 heteroatoms. The van der Waals surface area contributed by atoms with Gasteiger partial charge in [-0.25, -0.2) is 8.42 Å². The van der Waals surface area contributed by atoms with Gasteiger partial charge in [0.15, 0.2) is 0 Å². The number of amidine groups is 1. The van der Waals surface area contributed by atoms with Crippen LogP contribution in [0.1, 0.15) is 37.4 Å². The Morgan fingerprint density at radius 2 is 1.90 bits per heavy atom. The van der Waals surface area contributed by atoms with Crippen molar-refractivity contribution < 1.29 is 18.3 Å². The lowest BCUT2D eigenvalue weighted by atomic mass is 10.1. The van der Waals surface area contributed by atoms with Crippen LogP contribution >= 0.6 is 11.8 Å². The molecule has 0 radical (unpaired) electrons. The number of thioether (sulfide) groups is 1. The fourth-order valence-electron chi connectivity index (χ4n) is 3.14. The molecule has 7 nitrogen and oxygen atoms in total. The molecule has 2 aromatic rings. The molecule has 0 bridgehead atoms. The number of hydrogen-bond acceptors (Lipinski definition) is 6. The predicted octanol–water partition coefficient (Wildman–Crippen LogP) is 3.34. The van der Waals surface area contributed by atoms with Gasteiger partial charge in [-0.3, -0.25) is 14.5 Å². The van der Waals surface area contributed by atoms with Gasteiger partial charge >= 0.3 is 0 Å². The molecule has 31 heavy (non-hydrogen) atoms. The van der Waals surface area contributed by atoms with Gasteiger partial charge in [0.25, 0.3) is 10.0 Å². The van der Waals surface area contributed by atoms with Crippen LogP contribution in [-0.2, 0) is 14.8 Å². The first-order valence-electron chi connectivity index (χ1n) is 10.2. The molecule has 0 aromatic heterocycles. The summed E-state index contributed by atoms with van der Waals surface area (Å²) < 4.78 is 28.0. The van der Waals surface area contributed by atoms with Crippen molar-refractivity contribution in [2.45, 2.75) is 36.7 Å². The molecule has 0 aliphatic carbocycles. The fraction of sp³-hybridized carbons (Fsp3) is 0.364. The molecule has 3 rings (SSSR count). The van der Waals surface area contributed by atoms with Crippen molar-refractivity contribution in [3.63, 3.8) is 0 Å². The third-order valence-corrected chi connectivity index (χ3v) is 7.14. The summed E-state index contributed by atoms with van der Waals surface area (Å²) in [7, 11) is -3.76. The van der Waals surface area contributed by atoms with Gasteiger partial charge in [-0.15, -0.1) is 11.8 Å². The van der Waals surface area contributed by atoms with Crippen molar-refractivity contribution in [1.29, 1.82) is 0 Å². The standard InChI is InChI=1S/C22H27N3O4S2/c26-20(17-8-3-1-4-9-17)15-30-16-22(27)24-18-10-7-11-19(14-18)31(28,29)25-21-12-5-2-6-13-23-21/h1,3-4,7-11,14,20,26H,2,5-6,12-13,15-16H2,(H,23,25)(H,24,27). The molecule has 1 aliphatic rings. The highest BCUT2D eigenvalue weighted by molar-refractivity contribution is 8.00. The molecular formula is C22H27N3O4S2. The number of nitrogens with one attached hydrogen (secondary N) is 2. The number of hydrogen-bond donors (Lipinski definition) is 3. The number of carbonyl (C=O) groups excluding carboxylic acids is 1. The molecule has 1 heterocycles. The first kappa shape index (κ1) is 23.3. The normalized spacial score (nSPS) is 15.5. The molecule has 1 atom stereocenters. The monoisotopic (exact) mass is 461 g/mol. The van der Waals surface area contributed by atoms with Gasteiger partial charge in [0.05, 0.1) is 16.8 Å². The maximum absolute atomic E-state index is 12.7. The molecule has 0 spiro atoms. The van der Waals surface area contributed by atoms with E-state index in [2.05, 4.69) is 15.0 Å². The van der Waals surface area contributed by atoms with Crippen LogP contribution in [0.15, 0.2) is 64.5 Å². The van der Waals surface area contributed by atoms with Crippen LogP contribution in [0.4, 0.5) is 5.69 Å². The number of carbonyl (C=O) groups is 1. The summed E-state index contributed by atoms with van der Waals surface area (Å²) in [6, 6.07) is 15.4. The van der Waals surface area contributed by atoms with E-state index in [4.69, 9.17) is 0 Å². The highest BCUT2D eigenvalue weighted by atomic mass is 32.2. The predicted molar refractivity (Wildman–Crippen MR) is 125 cm³/mol. The van der Waals surface area contributed by atoms with E-state index in [1.54, 1.807) is 12.1 Å². The van der Waals surface area contributed by atoms with Gasteiger partial charge in [-0.2, -0.15) is 0 Å². The Balaban J connectivity index is 1.53. The lowest BCUT2D eigenvalue weighted by Crippen LogP contribution is -2.30. The Kier molecular flexibility index (Phi) is 8.51. The minimum Gasteiger partial charge on any atom is -0.388 e. The topological polar surface area (TPSA) is 108 Å². The second-order valence-corrected chi connectivity index (χ2v) is 9.97. The maximum Gasteiger partial charge on any atom is 0.262 e. The van der Waals surface area contributed by atoms with Gasteiger partial charge in [-0.05, 0) is 36.6 Å². The zero-order valence-corrected chi connectivity index (χ0v) is 18.8. The number of benzene rings is 2. The summed E-state index contributed by atoms with van der Waals surface area (Å²) in [6.07, 6.45) is 2.88. The van der Waals surface area contributed by atoms with Crippen LogP contribution in [0.3, 0.4) is 0 Å². The van der Waals surface area contributed by atoms with Crippen molar-refractivity contribution in [2.24, 2.45) is 4.99 Å². The summed E-state index contributed by atoms with van der Waals surface area (Å²) in [5, 5.41) is 12.9. The zero-order chi connectivity index (χ0) is 22.1. The Labute approximate surface area is 187 Å². The number of anilines is 1. The molecule has 0 saturated carbocycles. The van der Waals surface area contributed by atoms with E-state index in [1.807, 2.05) is 30.3 Å². The van der Waals surface area contributed by atoms with Crippen LogP contribution < -0.4 is 10.0 Å². The Morgan fingerprint density at radius 3 is 2.71 bits per heavy atom. The van der Waals surface area contributed by atoms with Crippen LogP contribution in [0.5, 0.6) is 0 Å². The van der Waals surface area contributed by atoms with Gasteiger partial charge in [0.1, 0.15) is 5.84 Å². The number of aliphatic hydroxyl groups excluding tert-OH is 1. The zero-order valence-electron chi connectivity index (χ0n) is 17.2. The molecule has 1 unspecified atom stereocenters. The maximum atomic E-state index is 12.7. The first-order valence-corrected chi connectivity index (χ1v) is 12.8. The Morgan fingerprint density at radius 1 is 1.10 bits per heavy atom. The van der Waals surface area contributed by atoms with Crippen LogP contribution in [0.2, 0.25) is 0 Å². The van der Waals surface area contributed by atoms with Crippen molar-refractivity contribution >= 4 is 39.2 Å². The van der Waals surface area contributed by atoms with Crippen molar-refractivity contribution in [1.82, 2.24) is 4.72 Å². The van der Waals surface area contributed by atoms with Gasteiger partial charge in [0, 0.05) is 24.4 Å². The van der Waals surface area contributed by atoms with E-state index in [-0.39, 0.29) is 16.6 Å². The molecule has 0 saturated heterocycles. The largest absolute Gasteiger partial charge is 0.388 e. The van der Waals surface area contributed by atoms with E-state index in [0.29, 0.717) is 30.2 Å². The lowest BCUT2D eigenvalue weighted by Gasteiger charge is -2.12. The summed E-state index contributed by atoms with van der Waals surface area (Å²) in [4.78, 5) is 16.6. The smallest absolute Gasteiger partial charge is 0.262 e. The summed E-state index contributed by atoms with van der Waals surface area (Å²) in [6.45, 7) is 0.630. The minimum absolute atomic E-state index is 0.0735. The molecule has 3 N–H and O–H groups in total. The summed E-state index contributed by atoms with van der Waals surface area (Å²) in [5.74, 6) is 0.759. The van der Waals surface area contributed by atoms with Crippen LogP contribution in [0.25, 0.3) is 0 Å². The highest BCUT2D eigenvalue weighted by Gasteiger charge is 2.18. The van der Waals surface area contributed by atoms with E-state index >= 15 is 0 Å². The van der Waals surface area contributed by atoms with Crippen molar-refractivity contribution in [3.05, 3.63) is 60.2 Å². The third-order valence-electron chi connectivity index (χ3n) is 4.75. The quantitative estimate of drug-likeness (QED) is 0.559. The third kappa shape index (κ3) is 7.37. The second kappa shape index (κ2) is 11.3. The van der Waals surface area contributed by atoms with E-state index in [0.717, 1.165) is 24.8 Å². The van der Waals surface area contributed by atoms with Gasteiger partial charge in [-0.1, -0.05) is 42.8 Å². The van der Waals surface area contributed by atoms with Crippen molar-refractivity contribution in [3.8, 4) is 0 Å². The molecule has 166 valence electrons. The summed E-state index contributed by atoms with van der Waals surface area (Å²) >= 11 is 1.31. The van der Waals surface area contributed by atoms with Gasteiger partial charge < -0.3 is 10.4 Å². The second-order valence-electron chi connectivity index (χ2n) is 7.26. The molecule has 1 amide bonds. The number of aliphatic hydroxyl groups is 1. The number of nitrogens with zero attached hydrogens (tertiary/aromatic N) is 1. The lowest BCUT2D eigenvalue weighted by molar-refractivity contribution is -0.113. The number of aliphatic imine (C=N–C) groups is 1. The Hall–Kier alpha value is -2.36. The first-order chi connectivity index (χ1) is 14.9. The average Bonchev–Trinajstić information content (AvgIpc) is 3.02. The Bertz CT molecular complexity index is 1010. The van der Waals surface area contributed by atoms with Crippen LogP contribution in [0, 0.1) is 0 Å². The molecule has 1 aliphatic heterocycles. The van der Waals surface area contributed by atoms with E-state index < -0.39 is 16.1 Å². The number of amides is 1. The minimum atomic E-state index is -3.76. The SMILES string of the molecule is O=C(CSCC(O)c1ccccc1)Nc1cccc(S(=O)(=O)NC2=NCCCCC2)c1.